The molecular weight excluding hydrogens is 374 g/mol. The number of nitrogens with zero attached hydrogens (tertiary/aromatic N) is 1. The zero-order valence-corrected chi connectivity index (χ0v) is 17.4. The second-order valence-electron chi connectivity index (χ2n) is 7.29. The number of nitrogens with one attached hydrogen (secondary N) is 2. The molecule has 0 spiro atoms. The Bertz CT molecular complexity index is 787. The number of rotatable bonds is 7. The van der Waals surface area contributed by atoms with Gasteiger partial charge in [-0.3, -0.25) is 4.79 Å². The van der Waals surface area contributed by atoms with E-state index in [0.29, 0.717) is 13.1 Å². The fourth-order valence-electron chi connectivity index (χ4n) is 3.59. The van der Waals surface area contributed by atoms with E-state index in [1.165, 1.54) is 21.7 Å². The van der Waals surface area contributed by atoms with Crippen LogP contribution >= 0.6 is 11.6 Å². The van der Waals surface area contributed by atoms with Crippen LogP contribution in [0.3, 0.4) is 0 Å². The summed E-state index contributed by atoms with van der Waals surface area (Å²) in [6, 6.07) is 14.0. The van der Waals surface area contributed by atoms with Crippen LogP contribution in [0, 0.1) is 6.92 Å². The van der Waals surface area contributed by atoms with Crippen molar-refractivity contribution in [3.05, 3.63) is 58.6 Å². The van der Waals surface area contributed by atoms with Crippen LogP contribution in [0.15, 0.2) is 42.5 Å². The molecular formula is C22H29ClN3O2+. The van der Waals surface area contributed by atoms with Gasteiger partial charge in [0.2, 0.25) is 0 Å². The van der Waals surface area contributed by atoms with Crippen molar-refractivity contribution in [2.24, 2.45) is 0 Å². The Kier molecular flexibility index (Phi) is 7.18. The summed E-state index contributed by atoms with van der Waals surface area (Å²) in [5, 5.41) is 3.81. The van der Waals surface area contributed by atoms with E-state index in [9.17, 15) is 4.79 Å². The number of anilines is 1. The molecule has 0 aromatic heterocycles. The largest absolute Gasteiger partial charge is 0.497 e. The number of hydrogen-bond donors (Lipinski definition) is 2. The number of piperazine rings is 1. The van der Waals surface area contributed by atoms with Gasteiger partial charge in [-0.05, 0) is 48.7 Å². The maximum absolute atomic E-state index is 12.3. The molecule has 0 radical (unpaired) electrons. The summed E-state index contributed by atoms with van der Waals surface area (Å²) in [7, 11) is 1.66. The highest BCUT2D eigenvalue weighted by atomic mass is 35.5. The van der Waals surface area contributed by atoms with Crippen molar-refractivity contribution in [1.82, 2.24) is 5.32 Å². The van der Waals surface area contributed by atoms with E-state index in [4.69, 9.17) is 16.3 Å². The monoisotopic (exact) mass is 402 g/mol. The van der Waals surface area contributed by atoms with Crippen molar-refractivity contribution in [2.45, 2.75) is 13.3 Å². The summed E-state index contributed by atoms with van der Waals surface area (Å²) < 4.78 is 5.16. The lowest BCUT2D eigenvalue weighted by molar-refractivity contribution is -0.892. The van der Waals surface area contributed by atoms with Crippen LogP contribution in [-0.2, 0) is 11.2 Å². The molecule has 1 saturated heterocycles. The third-order valence-corrected chi connectivity index (χ3v) is 5.52. The van der Waals surface area contributed by atoms with Gasteiger partial charge >= 0.3 is 0 Å². The van der Waals surface area contributed by atoms with Gasteiger partial charge < -0.3 is 19.9 Å². The standard InChI is InChI=1S/C22H28ClN3O2/c1-17-3-6-19(23)15-21(17)26-13-11-25(12-14-26)16-22(27)24-10-9-18-4-7-20(28-2)8-5-18/h3-8,15H,9-14,16H2,1-2H3,(H,24,27)/p+1. The second kappa shape index (κ2) is 9.80. The van der Waals surface area contributed by atoms with Gasteiger partial charge in [0, 0.05) is 17.3 Å². The summed E-state index contributed by atoms with van der Waals surface area (Å²) >= 11 is 6.15. The van der Waals surface area contributed by atoms with Crippen molar-refractivity contribution in [3.8, 4) is 5.75 Å². The molecule has 5 nitrogen and oxygen atoms in total. The molecule has 6 heteroatoms. The van der Waals surface area contributed by atoms with Crippen LogP contribution in [-0.4, -0.2) is 52.3 Å². The van der Waals surface area contributed by atoms with E-state index in [-0.39, 0.29) is 5.91 Å². The van der Waals surface area contributed by atoms with Gasteiger partial charge in [0.15, 0.2) is 6.54 Å². The topological polar surface area (TPSA) is 46.0 Å². The smallest absolute Gasteiger partial charge is 0.275 e. The fraction of sp³-hybridized carbons (Fsp3) is 0.409. The third-order valence-electron chi connectivity index (χ3n) is 5.29. The molecule has 1 fully saturated rings. The summed E-state index contributed by atoms with van der Waals surface area (Å²) in [4.78, 5) is 16.0. The van der Waals surface area contributed by atoms with E-state index in [0.717, 1.165) is 43.4 Å². The number of aryl methyl sites for hydroxylation is 1. The van der Waals surface area contributed by atoms with E-state index < -0.39 is 0 Å². The minimum Gasteiger partial charge on any atom is -0.497 e. The Labute approximate surface area is 172 Å². The SMILES string of the molecule is COc1ccc(CCNC(=O)C[NH+]2CCN(c3cc(Cl)ccc3C)CC2)cc1. The van der Waals surface area contributed by atoms with Gasteiger partial charge in [-0.1, -0.05) is 29.8 Å². The Balaban J connectivity index is 1.39. The Morgan fingerprint density at radius 1 is 1.18 bits per heavy atom. The zero-order valence-electron chi connectivity index (χ0n) is 16.6. The zero-order chi connectivity index (χ0) is 19.9. The average Bonchev–Trinajstić information content (AvgIpc) is 2.71. The van der Waals surface area contributed by atoms with Crippen molar-refractivity contribution in [1.29, 1.82) is 0 Å². The second-order valence-corrected chi connectivity index (χ2v) is 7.73. The Hall–Kier alpha value is -2.24. The first-order valence-corrected chi connectivity index (χ1v) is 10.2. The number of methoxy groups -OCH3 is 1. The molecule has 0 unspecified atom stereocenters. The van der Waals surface area contributed by atoms with E-state index in [2.05, 4.69) is 23.2 Å². The van der Waals surface area contributed by atoms with E-state index in [1.807, 2.05) is 36.4 Å². The van der Waals surface area contributed by atoms with Crippen molar-refractivity contribution in [3.63, 3.8) is 0 Å². The third kappa shape index (κ3) is 5.63. The number of benzene rings is 2. The molecule has 1 aliphatic heterocycles. The fourth-order valence-corrected chi connectivity index (χ4v) is 3.76. The molecule has 1 heterocycles. The first-order chi connectivity index (χ1) is 13.5. The maximum atomic E-state index is 12.3. The van der Waals surface area contributed by atoms with Crippen molar-refractivity contribution >= 4 is 23.2 Å². The van der Waals surface area contributed by atoms with Gasteiger partial charge in [0.25, 0.3) is 5.91 Å². The predicted octanol–water partition coefficient (Wildman–Crippen LogP) is 1.72. The van der Waals surface area contributed by atoms with Crippen LogP contribution in [0.2, 0.25) is 5.02 Å². The summed E-state index contributed by atoms with van der Waals surface area (Å²) in [5.74, 6) is 0.972. The molecule has 2 aromatic carbocycles. The molecule has 28 heavy (non-hydrogen) atoms. The molecule has 0 atom stereocenters. The molecule has 2 aromatic rings. The quantitative estimate of drug-likeness (QED) is 0.741. The highest BCUT2D eigenvalue weighted by Gasteiger charge is 2.23. The normalized spacial score (nSPS) is 14.8. The molecule has 3 rings (SSSR count). The minimum absolute atomic E-state index is 0.121. The van der Waals surface area contributed by atoms with Crippen molar-refractivity contribution in [2.75, 3.05) is 51.3 Å². The Morgan fingerprint density at radius 3 is 2.57 bits per heavy atom. The van der Waals surface area contributed by atoms with Crippen molar-refractivity contribution < 1.29 is 14.4 Å². The first-order valence-electron chi connectivity index (χ1n) is 9.79. The summed E-state index contributed by atoms with van der Waals surface area (Å²) in [5.41, 5.74) is 3.64. The van der Waals surface area contributed by atoms with Crippen LogP contribution in [0.25, 0.3) is 0 Å². The number of quaternary nitrogens is 1. The number of amides is 1. The summed E-state index contributed by atoms with van der Waals surface area (Å²) in [6.07, 6.45) is 0.826. The van der Waals surface area contributed by atoms with Crippen LogP contribution < -0.4 is 19.9 Å². The lowest BCUT2D eigenvalue weighted by Gasteiger charge is -2.34. The summed E-state index contributed by atoms with van der Waals surface area (Å²) in [6.45, 7) is 7.10. The highest BCUT2D eigenvalue weighted by Crippen LogP contribution is 2.24. The lowest BCUT2D eigenvalue weighted by atomic mass is 10.1. The Morgan fingerprint density at radius 2 is 1.89 bits per heavy atom. The maximum Gasteiger partial charge on any atom is 0.275 e. The van der Waals surface area contributed by atoms with Gasteiger partial charge in [-0.25, -0.2) is 0 Å². The van der Waals surface area contributed by atoms with Crippen LogP contribution in [0.5, 0.6) is 5.75 Å². The lowest BCUT2D eigenvalue weighted by Crippen LogP contribution is -3.16. The number of carbonyl (C=O) groups excluding carboxylic acids is 1. The molecule has 0 saturated carbocycles. The molecule has 1 amide bonds. The minimum atomic E-state index is 0.121. The van der Waals surface area contributed by atoms with Gasteiger partial charge in [0.05, 0.1) is 33.3 Å². The highest BCUT2D eigenvalue weighted by molar-refractivity contribution is 6.30. The van der Waals surface area contributed by atoms with Gasteiger partial charge in [0.1, 0.15) is 5.75 Å². The molecule has 150 valence electrons. The van der Waals surface area contributed by atoms with Crippen LogP contribution in [0.1, 0.15) is 11.1 Å². The first kappa shape index (κ1) is 20.5. The molecule has 0 aliphatic carbocycles. The number of ether oxygens (including phenoxy) is 1. The van der Waals surface area contributed by atoms with E-state index in [1.54, 1.807) is 7.11 Å². The molecule has 2 N–H and O–H groups in total. The van der Waals surface area contributed by atoms with Gasteiger partial charge in [-0.15, -0.1) is 0 Å². The number of carbonyl (C=O) groups is 1. The number of halogens is 1. The van der Waals surface area contributed by atoms with Crippen LogP contribution in [0.4, 0.5) is 5.69 Å². The van der Waals surface area contributed by atoms with E-state index >= 15 is 0 Å². The molecule has 0 bridgehead atoms. The number of hydrogen-bond acceptors (Lipinski definition) is 3. The van der Waals surface area contributed by atoms with Gasteiger partial charge in [-0.2, -0.15) is 0 Å². The predicted molar refractivity (Wildman–Crippen MR) is 114 cm³/mol. The average molecular weight is 403 g/mol. The molecule has 1 aliphatic rings.